The Labute approximate surface area is 76.9 Å². The van der Waals surface area contributed by atoms with Crippen LogP contribution in [0.2, 0.25) is 0 Å². The van der Waals surface area contributed by atoms with Gasteiger partial charge in [-0.2, -0.15) is 0 Å². The van der Waals surface area contributed by atoms with Gasteiger partial charge < -0.3 is 5.11 Å². The molecule has 1 heterocycles. The second kappa shape index (κ2) is 2.82. The van der Waals surface area contributed by atoms with Crippen molar-refractivity contribution < 1.29 is 13.5 Å². The average Bonchev–Trinajstić information content (AvgIpc) is 2.39. The van der Waals surface area contributed by atoms with Gasteiger partial charge in [0.15, 0.2) is 9.84 Å². The molecule has 0 saturated heterocycles. The minimum Gasteiger partial charge on any atom is -0.396 e. The van der Waals surface area contributed by atoms with Crippen molar-refractivity contribution in [2.45, 2.75) is 10.8 Å². The van der Waals surface area contributed by atoms with E-state index in [2.05, 4.69) is 0 Å². The minimum atomic E-state index is -3.13. The second-order valence-electron chi connectivity index (χ2n) is 3.20. The largest absolute Gasteiger partial charge is 0.396 e. The second-order valence-corrected chi connectivity index (χ2v) is 5.20. The molecule has 13 heavy (non-hydrogen) atoms. The van der Waals surface area contributed by atoms with E-state index in [1.54, 1.807) is 24.3 Å². The third kappa shape index (κ3) is 1.26. The van der Waals surface area contributed by atoms with Crippen molar-refractivity contribution in [3.8, 4) is 0 Å². The molecule has 1 aromatic carbocycles. The smallest absolute Gasteiger partial charge is 0.179 e. The SMILES string of the molecule is O=S1(=O)C[C@@H](CO)c2ccccc21. The molecule has 0 spiro atoms. The quantitative estimate of drug-likeness (QED) is 0.717. The average molecular weight is 198 g/mol. The lowest BCUT2D eigenvalue weighted by molar-refractivity contribution is 0.274. The standard InChI is InChI=1S/C9H10O3S/c10-5-7-6-13(11,12)9-4-2-1-3-8(7)9/h1-4,7,10H,5-6H2/t7-/m1/s1. The fourth-order valence-electron chi connectivity index (χ4n) is 1.70. The minimum absolute atomic E-state index is 0.0445. The van der Waals surface area contributed by atoms with E-state index in [4.69, 9.17) is 5.11 Å². The van der Waals surface area contributed by atoms with Crippen molar-refractivity contribution in [1.29, 1.82) is 0 Å². The highest BCUT2D eigenvalue weighted by Crippen LogP contribution is 2.33. The van der Waals surface area contributed by atoms with Crippen molar-refractivity contribution >= 4 is 9.84 Å². The maximum Gasteiger partial charge on any atom is 0.179 e. The molecule has 0 aromatic heterocycles. The first-order valence-corrected chi connectivity index (χ1v) is 5.73. The Balaban J connectivity index is 2.64. The van der Waals surface area contributed by atoms with Gasteiger partial charge in [-0.05, 0) is 11.6 Å². The molecule has 1 N–H and O–H groups in total. The van der Waals surface area contributed by atoms with Gasteiger partial charge in [-0.25, -0.2) is 8.42 Å². The number of aliphatic hydroxyl groups is 1. The van der Waals surface area contributed by atoms with E-state index in [-0.39, 0.29) is 18.3 Å². The van der Waals surface area contributed by atoms with Crippen molar-refractivity contribution in [2.75, 3.05) is 12.4 Å². The first-order valence-electron chi connectivity index (χ1n) is 4.07. The third-order valence-corrected chi connectivity index (χ3v) is 4.22. The lowest BCUT2D eigenvalue weighted by Crippen LogP contribution is -2.06. The zero-order valence-corrected chi connectivity index (χ0v) is 7.79. The summed E-state index contributed by atoms with van der Waals surface area (Å²) in [4.78, 5) is 0.383. The van der Waals surface area contributed by atoms with Crippen LogP contribution in [-0.2, 0) is 9.84 Å². The van der Waals surface area contributed by atoms with Crippen molar-refractivity contribution in [1.82, 2.24) is 0 Å². The van der Waals surface area contributed by atoms with E-state index in [0.29, 0.717) is 4.90 Å². The normalized spacial score (nSPS) is 24.2. The van der Waals surface area contributed by atoms with Crippen LogP contribution in [0.15, 0.2) is 29.2 Å². The van der Waals surface area contributed by atoms with Crippen LogP contribution in [0, 0.1) is 0 Å². The molecule has 1 aliphatic heterocycles. The highest BCUT2D eigenvalue weighted by Gasteiger charge is 2.33. The number of aliphatic hydroxyl groups excluding tert-OH is 1. The molecule has 0 fully saturated rings. The predicted molar refractivity (Wildman–Crippen MR) is 48.3 cm³/mol. The van der Waals surface area contributed by atoms with Gasteiger partial charge in [0.1, 0.15) is 0 Å². The Morgan fingerprint density at radius 1 is 1.38 bits per heavy atom. The fourth-order valence-corrected chi connectivity index (χ4v) is 3.57. The summed E-state index contributed by atoms with van der Waals surface area (Å²) in [5.74, 6) is -0.191. The molecule has 2 rings (SSSR count). The van der Waals surface area contributed by atoms with Crippen molar-refractivity contribution in [3.63, 3.8) is 0 Å². The van der Waals surface area contributed by atoms with E-state index in [9.17, 15) is 8.42 Å². The molecule has 1 aliphatic rings. The number of rotatable bonds is 1. The summed E-state index contributed by atoms with van der Waals surface area (Å²) in [6.45, 7) is -0.101. The summed E-state index contributed by atoms with van der Waals surface area (Å²) in [6, 6.07) is 6.86. The number of hydrogen-bond donors (Lipinski definition) is 1. The van der Waals surface area contributed by atoms with E-state index in [0.717, 1.165) is 5.56 Å². The Kier molecular flexibility index (Phi) is 1.89. The van der Waals surface area contributed by atoms with E-state index >= 15 is 0 Å². The summed E-state index contributed by atoms with van der Waals surface area (Å²) in [5, 5.41) is 8.98. The van der Waals surface area contributed by atoms with Crippen LogP contribution in [0.5, 0.6) is 0 Å². The number of hydrogen-bond acceptors (Lipinski definition) is 3. The molecule has 0 saturated carbocycles. The molecule has 0 aliphatic carbocycles. The first kappa shape index (κ1) is 8.72. The predicted octanol–water partition coefficient (Wildman–Crippen LogP) is 0.550. The van der Waals surface area contributed by atoms with Crippen LogP contribution in [0.25, 0.3) is 0 Å². The van der Waals surface area contributed by atoms with Crippen LogP contribution < -0.4 is 0 Å². The van der Waals surface area contributed by atoms with Gasteiger partial charge in [-0.3, -0.25) is 0 Å². The maximum absolute atomic E-state index is 11.5. The van der Waals surface area contributed by atoms with Gasteiger partial charge in [-0.15, -0.1) is 0 Å². The number of fused-ring (bicyclic) bond motifs is 1. The topological polar surface area (TPSA) is 54.4 Å². The Hall–Kier alpha value is -0.870. The van der Waals surface area contributed by atoms with Crippen LogP contribution in [-0.4, -0.2) is 25.9 Å². The van der Waals surface area contributed by atoms with Crippen LogP contribution in [0.3, 0.4) is 0 Å². The van der Waals surface area contributed by atoms with Gasteiger partial charge in [0.2, 0.25) is 0 Å². The summed E-state index contributed by atoms with van der Waals surface area (Å²) in [5.41, 5.74) is 0.755. The van der Waals surface area contributed by atoms with Gasteiger partial charge in [-0.1, -0.05) is 18.2 Å². The lowest BCUT2D eigenvalue weighted by Gasteiger charge is -2.03. The molecular formula is C9H10O3S. The summed E-state index contributed by atoms with van der Waals surface area (Å²) in [7, 11) is -3.13. The van der Waals surface area contributed by atoms with Gasteiger partial charge >= 0.3 is 0 Å². The molecule has 1 atom stereocenters. The van der Waals surface area contributed by atoms with Crippen LogP contribution in [0.1, 0.15) is 11.5 Å². The molecule has 0 unspecified atom stereocenters. The molecule has 70 valence electrons. The van der Waals surface area contributed by atoms with Gasteiger partial charge in [0.25, 0.3) is 0 Å². The summed E-state index contributed by atoms with van der Waals surface area (Å²) >= 11 is 0. The summed E-state index contributed by atoms with van der Waals surface area (Å²) < 4.78 is 23.0. The molecule has 0 amide bonds. The summed E-state index contributed by atoms with van der Waals surface area (Å²) in [6.07, 6.45) is 0. The molecule has 0 radical (unpaired) electrons. The van der Waals surface area contributed by atoms with E-state index in [1.807, 2.05) is 0 Å². The molecule has 4 heteroatoms. The van der Waals surface area contributed by atoms with Crippen molar-refractivity contribution in [2.24, 2.45) is 0 Å². The number of benzene rings is 1. The number of sulfone groups is 1. The Morgan fingerprint density at radius 3 is 2.77 bits per heavy atom. The zero-order chi connectivity index (χ0) is 9.47. The molecule has 1 aromatic rings. The molecule has 0 bridgehead atoms. The molecular weight excluding hydrogens is 188 g/mol. The Morgan fingerprint density at radius 2 is 2.08 bits per heavy atom. The van der Waals surface area contributed by atoms with E-state index < -0.39 is 9.84 Å². The van der Waals surface area contributed by atoms with Crippen LogP contribution in [0.4, 0.5) is 0 Å². The van der Waals surface area contributed by atoms with Gasteiger partial charge in [0.05, 0.1) is 17.3 Å². The highest BCUT2D eigenvalue weighted by atomic mass is 32.2. The van der Waals surface area contributed by atoms with Crippen molar-refractivity contribution in [3.05, 3.63) is 29.8 Å². The fraction of sp³-hybridized carbons (Fsp3) is 0.333. The molecule has 3 nitrogen and oxygen atoms in total. The van der Waals surface area contributed by atoms with Gasteiger partial charge in [0, 0.05) is 5.92 Å². The lowest BCUT2D eigenvalue weighted by atomic mass is 10.0. The Bertz CT molecular complexity index is 422. The van der Waals surface area contributed by atoms with Crippen LogP contribution >= 0.6 is 0 Å². The highest BCUT2D eigenvalue weighted by molar-refractivity contribution is 7.91. The first-order chi connectivity index (χ1) is 6.15. The monoisotopic (exact) mass is 198 g/mol. The van der Waals surface area contributed by atoms with E-state index in [1.165, 1.54) is 0 Å². The third-order valence-electron chi connectivity index (χ3n) is 2.33. The zero-order valence-electron chi connectivity index (χ0n) is 6.97. The maximum atomic E-state index is 11.5.